The number of carbonyl (C=O) groups is 1. The fraction of sp³-hybridized carbons (Fsp3) is 0.750. The zero-order chi connectivity index (χ0) is 22.3. The Bertz CT molecular complexity index is 831. The van der Waals surface area contributed by atoms with Gasteiger partial charge in [0.15, 0.2) is 5.78 Å². The van der Waals surface area contributed by atoms with Crippen molar-refractivity contribution in [3.8, 4) is 0 Å². The first kappa shape index (κ1) is 22.4. The van der Waals surface area contributed by atoms with Crippen molar-refractivity contribution >= 4 is 11.5 Å². The molecule has 4 unspecified atom stereocenters. The van der Waals surface area contributed by atoms with Crippen molar-refractivity contribution in [2.24, 2.45) is 11.8 Å². The predicted octanol–water partition coefficient (Wildman–Crippen LogP) is 6.10. The van der Waals surface area contributed by atoms with Gasteiger partial charge in [-0.15, -0.1) is 0 Å². The van der Waals surface area contributed by atoms with Crippen LogP contribution in [0.2, 0.25) is 0 Å². The van der Waals surface area contributed by atoms with Crippen LogP contribution in [0.15, 0.2) is 18.2 Å². The molecule has 3 fully saturated rings. The molecule has 4 aliphatic rings. The van der Waals surface area contributed by atoms with E-state index in [1.165, 1.54) is 37.7 Å². The number of nitrogens with zero attached hydrogens (tertiary/aromatic N) is 2. The van der Waals surface area contributed by atoms with Gasteiger partial charge in [-0.1, -0.05) is 33.1 Å². The summed E-state index contributed by atoms with van der Waals surface area (Å²) in [5.41, 5.74) is 2.31. The molecule has 0 bridgehead atoms. The van der Waals surface area contributed by atoms with Gasteiger partial charge in [-0.05, 0) is 93.6 Å². The highest BCUT2D eigenvalue weighted by Crippen LogP contribution is 2.49. The fourth-order valence-corrected chi connectivity index (χ4v) is 7.49. The highest BCUT2D eigenvalue weighted by atomic mass is 19.1. The molecule has 2 heterocycles. The standard InChI is InChI=1S/C28H41FN2O/c1-3-23(17-21-9-8-20(2)16-21)30-14-12-28(13-15-30)19-31(26-6-4-5-7-27(26)32)25-11-10-22(29)18-24(25)28/h10-11,18,20-21,23,26H,3-9,12-17,19H2,1-2H3. The van der Waals surface area contributed by atoms with Gasteiger partial charge in [-0.25, -0.2) is 4.39 Å². The molecular weight excluding hydrogens is 399 g/mol. The van der Waals surface area contributed by atoms with E-state index in [2.05, 4.69) is 23.6 Å². The number of benzene rings is 1. The molecule has 0 radical (unpaired) electrons. The fourth-order valence-electron chi connectivity index (χ4n) is 7.49. The molecule has 1 saturated heterocycles. The van der Waals surface area contributed by atoms with Gasteiger partial charge in [-0.3, -0.25) is 4.79 Å². The van der Waals surface area contributed by atoms with Gasteiger partial charge >= 0.3 is 0 Å². The molecule has 3 nitrogen and oxygen atoms in total. The number of rotatable bonds is 5. The molecule has 1 aromatic rings. The van der Waals surface area contributed by atoms with E-state index in [9.17, 15) is 9.18 Å². The number of carbonyl (C=O) groups excluding carboxylic acids is 1. The Balaban J connectivity index is 1.32. The molecule has 2 saturated carbocycles. The van der Waals surface area contributed by atoms with E-state index < -0.39 is 0 Å². The number of likely N-dealkylation sites (tertiary alicyclic amines) is 1. The maximum atomic E-state index is 14.4. The monoisotopic (exact) mass is 440 g/mol. The predicted molar refractivity (Wildman–Crippen MR) is 129 cm³/mol. The summed E-state index contributed by atoms with van der Waals surface area (Å²) in [6.07, 6.45) is 12.8. The summed E-state index contributed by atoms with van der Waals surface area (Å²) in [5, 5.41) is 0. The first-order valence-corrected chi connectivity index (χ1v) is 13.3. The minimum atomic E-state index is -0.135. The molecule has 176 valence electrons. The summed E-state index contributed by atoms with van der Waals surface area (Å²) in [5.74, 6) is 2.06. The molecule has 4 atom stereocenters. The molecular formula is C28H41FN2O. The van der Waals surface area contributed by atoms with E-state index >= 15 is 0 Å². The van der Waals surface area contributed by atoms with E-state index in [0.717, 1.165) is 69.3 Å². The Morgan fingerprint density at radius 2 is 1.97 bits per heavy atom. The first-order valence-electron chi connectivity index (χ1n) is 13.3. The molecule has 32 heavy (non-hydrogen) atoms. The zero-order valence-corrected chi connectivity index (χ0v) is 20.1. The van der Waals surface area contributed by atoms with Crippen LogP contribution < -0.4 is 4.90 Å². The van der Waals surface area contributed by atoms with Crippen molar-refractivity contribution in [1.29, 1.82) is 0 Å². The summed E-state index contributed by atoms with van der Waals surface area (Å²) < 4.78 is 14.4. The summed E-state index contributed by atoms with van der Waals surface area (Å²) in [6, 6.07) is 6.01. The smallest absolute Gasteiger partial charge is 0.155 e. The van der Waals surface area contributed by atoms with Crippen LogP contribution in [0.25, 0.3) is 0 Å². The number of hydrogen-bond donors (Lipinski definition) is 0. The summed E-state index contributed by atoms with van der Waals surface area (Å²) >= 11 is 0. The van der Waals surface area contributed by atoms with Gasteiger partial charge in [-0.2, -0.15) is 0 Å². The molecule has 0 N–H and O–H groups in total. The van der Waals surface area contributed by atoms with Gasteiger partial charge in [0.25, 0.3) is 0 Å². The molecule has 1 spiro atoms. The Hall–Kier alpha value is -1.42. The molecule has 5 rings (SSSR count). The Morgan fingerprint density at radius 1 is 1.16 bits per heavy atom. The van der Waals surface area contributed by atoms with Crippen LogP contribution in [0.3, 0.4) is 0 Å². The average Bonchev–Trinajstić information content (AvgIpc) is 3.34. The topological polar surface area (TPSA) is 23.6 Å². The van der Waals surface area contributed by atoms with Gasteiger partial charge in [0, 0.05) is 30.1 Å². The van der Waals surface area contributed by atoms with E-state index in [1.54, 1.807) is 12.1 Å². The molecule has 4 heteroatoms. The largest absolute Gasteiger partial charge is 0.360 e. The van der Waals surface area contributed by atoms with Gasteiger partial charge in [0.1, 0.15) is 5.82 Å². The Labute approximate surface area is 193 Å². The summed E-state index contributed by atoms with van der Waals surface area (Å²) in [6.45, 7) is 7.86. The van der Waals surface area contributed by atoms with Crippen LogP contribution in [-0.4, -0.2) is 42.4 Å². The molecule has 0 amide bonds. The number of piperidine rings is 1. The first-order chi connectivity index (χ1) is 15.5. The van der Waals surface area contributed by atoms with Gasteiger partial charge in [0.2, 0.25) is 0 Å². The lowest BCUT2D eigenvalue weighted by molar-refractivity contribution is -0.121. The van der Waals surface area contributed by atoms with E-state index in [1.807, 2.05) is 6.07 Å². The van der Waals surface area contributed by atoms with Crippen molar-refractivity contribution in [2.45, 2.75) is 102 Å². The zero-order valence-electron chi connectivity index (χ0n) is 20.1. The highest BCUT2D eigenvalue weighted by Gasteiger charge is 2.48. The lowest BCUT2D eigenvalue weighted by Gasteiger charge is -2.44. The number of ketones is 1. The van der Waals surface area contributed by atoms with Crippen LogP contribution in [0.4, 0.5) is 10.1 Å². The number of fused-ring (bicyclic) bond motifs is 2. The highest BCUT2D eigenvalue weighted by molar-refractivity contribution is 5.89. The second-order valence-electron chi connectivity index (χ2n) is 11.4. The van der Waals surface area contributed by atoms with Crippen LogP contribution in [0, 0.1) is 17.7 Å². The molecule has 1 aromatic carbocycles. The number of Topliss-reactive ketones (excluding diaryl/α,β-unsaturated/α-hetero) is 1. The Kier molecular flexibility index (Phi) is 6.35. The number of halogens is 1. The van der Waals surface area contributed by atoms with Crippen LogP contribution in [0.5, 0.6) is 0 Å². The third kappa shape index (κ3) is 4.13. The maximum Gasteiger partial charge on any atom is 0.155 e. The van der Waals surface area contributed by atoms with E-state index in [0.29, 0.717) is 18.2 Å². The quantitative estimate of drug-likeness (QED) is 0.553. The van der Waals surface area contributed by atoms with Crippen molar-refractivity contribution in [1.82, 2.24) is 4.90 Å². The maximum absolute atomic E-state index is 14.4. The van der Waals surface area contributed by atoms with E-state index in [-0.39, 0.29) is 17.3 Å². The molecule has 2 aliphatic heterocycles. The van der Waals surface area contributed by atoms with E-state index in [4.69, 9.17) is 0 Å². The van der Waals surface area contributed by atoms with Gasteiger partial charge in [0.05, 0.1) is 6.04 Å². The molecule has 2 aliphatic carbocycles. The minimum Gasteiger partial charge on any atom is -0.360 e. The van der Waals surface area contributed by atoms with Crippen molar-refractivity contribution < 1.29 is 9.18 Å². The third-order valence-corrected chi connectivity index (χ3v) is 9.36. The Morgan fingerprint density at radius 3 is 2.66 bits per heavy atom. The van der Waals surface area contributed by atoms with Crippen molar-refractivity contribution in [2.75, 3.05) is 24.5 Å². The number of hydrogen-bond acceptors (Lipinski definition) is 3. The number of anilines is 1. The molecule has 0 aromatic heterocycles. The summed E-state index contributed by atoms with van der Waals surface area (Å²) in [4.78, 5) is 17.9. The third-order valence-electron chi connectivity index (χ3n) is 9.36. The van der Waals surface area contributed by atoms with Crippen molar-refractivity contribution in [3.05, 3.63) is 29.6 Å². The average molecular weight is 441 g/mol. The van der Waals surface area contributed by atoms with Crippen LogP contribution in [0.1, 0.15) is 90.0 Å². The lowest BCUT2D eigenvalue weighted by Crippen LogP contribution is -2.51. The van der Waals surface area contributed by atoms with Crippen LogP contribution >= 0.6 is 0 Å². The van der Waals surface area contributed by atoms with Gasteiger partial charge < -0.3 is 9.80 Å². The van der Waals surface area contributed by atoms with Crippen LogP contribution in [-0.2, 0) is 10.2 Å². The van der Waals surface area contributed by atoms with Crippen molar-refractivity contribution in [3.63, 3.8) is 0 Å². The summed E-state index contributed by atoms with van der Waals surface area (Å²) in [7, 11) is 0. The second kappa shape index (κ2) is 9.08. The minimum absolute atomic E-state index is 0.00175. The second-order valence-corrected chi connectivity index (χ2v) is 11.4. The lowest BCUT2D eigenvalue weighted by atomic mass is 9.73. The SMILES string of the molecule is CCC(CC1CCC(C)C1)N1CCC2(CC1)CN(C1CCCCC1=O)c1ccc(F)cc12. The normalized spacial score (nSPS) is 31.3.